The van der Waals surface area contributed by atoms with Gasteiger partial charge in [-0.2, -0.15) is 4.37 Å². The third-order valence-corrected chi connectivity index (χ3v) is 4.09. The van der Waals surface area contributed by atoms with E-state index in [4.69, 9.17) is 5.73 Å². The SMILES string of the molecule is CCN(CC)C(=O)CNc1snc(N)c1C1CC1. The lowest BCUT2D eigenvalue weighted by atomic mass is 10.2. The second-order valence-electron chi connectivity index (χ2n) is 4.50. The quantitative estimate of drug-likeness (QED) is 0.826. The van der Waals surface area contributed by atoms with Crippen molar-refractivity contribution in [3.63, 3.8) is 0 Å². The average molecular weight is 268 g/mol. The number of nitrogen functional groups attached to an aromatic ring is 1. The van der Waals surface area contributed by atoms with E-state index < -0.39 is 0 Å². The number of carbonyl (C=O) groups excluding carboxylic acids is 1. The summed E-state index contributed by atoms with van der Waals surface area (Å²) in [6, 6.07) is 0. The Hall–Kier alpha value is -1.30. The Morgan fingerprint density at radius 3 is 2.72 bits per heavy atom. The Morgan fingerprint density at radius 2 is 2.17 bits per heavy atom. The predicted molar refractivity (Wildman–Crippen MR) is 74.9 cm³/mol. The van der Waals surface area contributed by atoms with Crippen LogP contribution in [0.15, 0.2) is 0 Å². The predicted octanol–water partition coefficient (Wildman–Crippen LogP) is 1.88. The number of rotatable bonds is 6. The minimum Gasteiger partial charge on any atom is -0.383 e. The second kappa shape index (κ2) is 5.56. The molecule has 2 rings (SSSR count). The summed E-state index contributed by atoms with van der Waals surface area (Å²) in [5, 5.41) is 4.16. The Balaban J connectivity index is 1.96. The fourth-order valence-corrected chi connectivity index (χ4v) is 2.84. The van der Waals surface area contributed by atoms with Crippen LogP contribution in [-0.4, -0.2) is 34.8 Å². The summed E-state index contributed by atoms with van der Waals surface area (Å²) in [5.74, 6) is 1.30. The van der Waals surface area contributed by atoms with Gasteiger partial charge in [-0.25, -0.2) is 0 Å². The third-order valence-electron chi connectivity index (χ3n) is 3.26. The number of hydrogen-bond acceptors (Lipinski definition) is 5. The van der Waals surface area contributed by atoms with Gasteiger partial charge < -0.3 is 16.0 Å². The molecule has 1 amide bonds. The number of nitrogens with zero attached hydrogens (tertiary/aromatic N) is 2. The van der Waals surface area contributed by atoms with Gasteiger partial charge in [0.05, 0.1) is 6.54 Å². The minimum atomic E-state index is 0.119. The van der Waals surface area contributed by atoms with Crippen LogP contribution in [0.1, 0.15) is 38.2 Å². The molecule has 0 unspecified atom stereocenters. The van der Waals surface area contributed by atoms with E-state index in [0.717, 1.165) is 23.7 Å². The molecular weight excluding hydrogens is 248 g/mol. The molecule has 1 aromatic rings. The second-order valence-corrected chi connectivity index (χ2v) is 5.28. The first-order valence-corrected chi connectivity index (χ1v) is 7.21. The van der Waals surface area contributed by atoms with Gasteiger partial charge in [0, 0.05) is 18.7 Å². The molecule has 1 aliphatic rings. The van der Waals surface area contributed by atoms with E-state index in [1.807, 2.05) is 18.7 Å². The summed E-state index contributed by atoms with van der Waals surface area (Å²) in [6.45, 7) is 5.79. The first-order valence-electron chi connectivity index (χ1n) is 6.44. The highest BCUT2D eigenvalue weighted by Gasteiger charge is 2.30. The van der Waals surface area contributed by atoms with Crippen molar-refractivity contribution in [1.82, 2.24) is 9.27 Å². The zero-order valence-electron chi connectivity index (χ0n) is 10.9. The summed E-state index contributed by atoms with van der Waals surface area (Å²) >= 11 is 1.36. The first kappa shape index (κ1) is 13.1. The molecule has 6 heteroatoms. The highest BCUT2D eigenvalue weighted by Crippen LogP contribution is 2.47. The summed E-state index contributed by atoms with van der Waals surface area (Å²) in [6.07, 6.45) is 2.36. The summed E-state index contributed by atoms with van der Waals surface area (Å²) < 4.78 is 4.17. The van der Waals surface area contributed by atoms with Gasteiger partial charge in [0.2, 0.25) is 5.91 Å². The molecule has 3 N–H and O–H groups in total. The number of aromatic nitrogens is 1. The number of likely N-dealkylation sites (N-methyl/N-ethyl adjacent to an activating group) is 1. The Kier molecular flexibility index (Phi) is 4.06. The Labute approximate surface area is 112 Å². The number of carbonyl (C=O) groups is 1. The van der Waals surface area contributed by atoms with Crippen LogP contribution in [0, 0.1) is 0 Å². The van der Waals surface area contributed by atoms with Crippen LogP contribution in [0.4, 0.5) is 10.8 Å². The number of anilines is 2. The number of hydrogen-bond donors (Lipinski definition) is 2. The van der Waals surface area contributed by atoms with Crippen LogP contribution < -0.4 is 11.1 Å². The van der Waals surface area contributed by atoms with Crippen LogP contribution in [0.5, 0.6) is 0 Å². The van der Waals surface area contributed by atoms with Gasteiger partial charge in [0.25, 0.3) is 0 Å². The van der Waals surface area contributed by atoms with Crippen molar-refractivity contribution < 1.29 is 4.79 Å². The Morgan fingerprint density at radius 1 is 1.50 bits per heavy atom. The molecule has 5 nitrogen and oxygen atoms in total. The monoisotopic (exact) mass is 268 g/mol. The zero-order valence-corrected chi connectivity index (χ0v) is 11.7. The maximum absolute atomic E-state index is 11.9. The van der Waals surface area contributed by atoms with Crippen molar-refractivity contribution in [1.29, 1.82) is 0 Å². The van der Waals surface area contributed by atoms with Crippen LogP contribution in [0.25, 0.3) is 0 Å². The summed E-state index contributed by atoms with van der Waals surface area (Å²) in [4.78, 5) is 13.7. The molecule has 0 saturated heterocycles. The van der Waals surface area contributed by atoms with Gasteiger partial charge in [-0.1, -0.05) is 0 Å². The molecule has 0 bridgehead atoms. The normalized spacial score (nSPS) is 14.6. The van der Waals surface area contributed by atoms with Crippen molar-refractivity contribution in [2.24, 2.45) is 0 Å². The standard InChI is InChI=1S/C12H20N4OS/c1-3-16(4-2)9(17)7-14-12-10(8-5-6-8)11(13)15-18-12/h8,14H,3-7H2,1-2H3,(H2,13,15). The number of nitrogens with one attached hydrogen (secondary N) is 1. The van der Waals surface area contributed by atoms with Crippen molar-refractivity contribution in [2.75, 3.05) is 30.7 Å². The van der Waals surface area contributed by atoms with E-state index in [2.05, 4.69) is 9.69 Å². The van der Waals surface area contributed by atoms with Gasteiger partial charge in [0.1, 0.15) is 10.8 Å². The lowest BCUT2D eigenvalue weighted by Gasteiger charge is -2.18. The van der Waals surface area contributed by atoms with Crippen LogP contribution in [-0.2, 0) is 4.79 Å². The van der Waals surface area contributed by atoms with Gasteiger partial charge >= 0.3 is 0 Å². The maximum Gasteiger partial charge on any atom is 0.241 e. The van der Waals surface area contributed by atoms with Crippen LogP contribution in [0.2, 0.25) is 0 Å². The number of amides is 1. The molecule has 0 radical (unpaired) electrons. The van der Waals surface area contributed by atoms with Crippen LogP contribution >= 0.6 is 11.5 Å². The molecule has 1 aromatic heterocycles. The lowest BCUT2D eigenvalue weighted by Crippen LogP contribution is -2.35. The molecule has 100 valence electrons. The third kappa shape index (κ3) is 2.75. The molecule has 0 aromatic carbocycles. The molecule has 1 saturated carbocycles. The van der Waals surface area contributed by atoms with E-state index in [-0.39, 0.29) is 5.91 Å². The summed E-state index contributed by atoms with van der Waals surface area (Å²) in [7, 11) is 0. The van der Waals surface area contributed by atoms with Gasteiger partial charge in [-0.3, -0.25) is 4.79 Å². The molecule has 1 heterocycles. The smallest absolute Gasteiger partial charge is 0.241 e. The largest absolute Gasteiger partial charge is 0.383 e. The number of nitrogens with two attached hydrogens (primary N) is 1. The maximum atomic E-state index is 11.9. The van der Waals surface area contributed by atoms with E-state index in [9.17, 15) is 4.79 Å². The molecule has 0 atom stereocenters. The van der Waals surface area contributed by atoms with Gasteiger partial charge in [-0.15, -0.1) is 0 Å². The van der Waals surface area contributed by atoms with E-state index in [1.165, 1.54) is 24.4 Å². The average Bonchev–Trinajstić information content (AvgIpc) is 3.12. The highest BCUT2D eigenvalue weighted by atomic mass is 32.1. The van der Waals surface area contributed by atoms with Crippen molar-refractivity contribution in [3.05, 3.63) is 5.56 Å². The van der Waals surface area contributed by atoms with Gasteiger partial charge in [-0.05, 0) is 44.1 Å². The lowest BCUT2D eigenvalue weighted by molar-refractivity contribution is -0.128. The minimum absolute atomic E-state index is 0.119. The fourth-order valence-electron chi connectivity index (χ4n) is 2.05. The van der Waals surface area contributed by atoms with Crippen molar-refractivity contribution in [3.8, 4) is 0 Å². The Bertz CT molecular complexity index is 424. The first-order chi connectivity index (χ1) is 8.67. The highest BCUT2D eigenvalue weighted by molar-refractivity contribution is 7.10. The molecule has 1 fully saturated rings. The van der Waals surface area contributed by atoms with Crippen molar-refractivity contribution in [2.45, 2.75) is 32.6 Å². The van der Waals surface area contributed by atoms with Crippen molar-refractivity contribution >= 4 is 28.3 Å². The molecule has 0 spiro atoms. The van der Waals surface area contributed by atoms with E-state index in [1.54, 1.807) is 0 Å². The fraction of sp³-hybridized carbons (Fsp3) is 0.667. The molecule has 0 aliphatic heterocycles. The van der Waals surface area contributed by atoms with Crippen LogP contribution in [0.3, 0.4) is 0 Å². The van der Waals surface area contributed by atoms with E-state index in [0.29, 0.717) is 18.3 Å². The molecule has 18 heavy (non-hydrogen) atoms. The summed E-state index contributed by atoms with van der Waals surface area (Å²) in [5.41, 5.74) is 6.98. The van der Waals surface area contributed by atoms with E-state index >= 15 is 0 Å². The topological polar surface area (TPSA) is 71.2 Å². The molecular formula is C12H20N4OS. The molecule has 1 aliphatic carbocycles. The van der Waals surface area contributed by atoms with Gasteiger partial charge in [0.15, 0.2) is 0 Å². The zero-order chi connectivity index (χ0) is 13.1.